The number of carbonyl (C=O) groups excluding carboxylic acids is 1. The monoisotopic (exact) mass is 262 g/mol. The molecule has 0 unspecified atom stereocenters. The lowest BCUT2D eigenvalue weighted by Gasteiger charge is -2.06. The van der Waals surface area contributed by atoms with Crippen molar-refractivity contribution in [3.05, 3.63) is 70.8 Å². The smallest absolute Gasteiger partial charge is 0.193 e. The maximum absolute atomic E-state index is 12.3. The van der Waals surface area contributed by atoms with Crippen molar-refractivity contribution < 1.29 is 4.79 Å². The van der Waals surface area contributed by atoms with Crippen molar-refractivity contribution in [2.75, 3.05) is 0 Å². The van der Waals surface area contributed by atoms with E-state index in [0.717, 1.165) is 12.0 Å². The minimum Gasteiger partial charge on any atom is -0.289 e. The first-order valence-electron chi connectivity index (χ1n) is 6.80. The Balaban J connectivity index is 2.18. The van der Waals surface area contributed by atoms with Gasteiger partial charge in [0.1, 0.15) is 0 Å². The Bertz CT molecular complexity index is 625. The van der Waals surface area contributed by atoms with E-state index in [-0.39, 0.29) is 5.78 Å². The first-order valence-corrected chi connectivity index (χ1v) is 6.80. The summed E-state index contributed by atoms with van der Waals surface area (Å²) in [5, 5.41) is 0. The maximum Gasteiger partial charge on any atom is 0.193 e. The molecule has 0 atom stereocenters. The summed E-state index contributed by atoms with van der Waals surface area (Å²) in [5.41, 5.74) is 3.43. The number of rotatable bonds is 4. The zero-order valence-electron chi connectivity index (χ0n) is 11.9. The number of benzene rings is 2. The molecule has 0 spiro atoms. The molecule has 0 radical (unpaired) electrons. The lowest BCUT2D eigenvalue weighted by atomic mass is 9.98. The van der Waals surface area contributed by atoms with Crippen LogP contribution in [0.3, 0.4) is 0 Å². The highest BCUT2D eigenvalue weighted by atomic mass is 16.1. The molecule has 2 rings (SSSR count). The SMILES string of the molecule is C#Cc1ccc(C(=O)c2ccc(CC(C)C)cc2)cc1. The largest absolute Gasteiger partial charge is 0.289 e. The van der Waals surface area contributed by atoms with Gasteiger partial charge in [0.15, 0.2) is 5.78 Å². The average Bonchev–Trinajstić information content (AvgIpc) is 2.47. The molecule has 0 aliphatic rings. The molecule has 1 nitrogen and oxygen atoms in total. The minimum atomic E-state index is 0.0321. The molecule has 2 aromatic carbocycles. The van der Waals surface area contributed by atoms with Gasteiger partial charge in [-0.05, 0) is 42.2 Å². The van der Waals surface area contributed by atoms with Crippen LogP contribution in [0, 0.1) is 18.3 Å². The van der Waals surface area contributed by atoms with E-state index in [1.807, 2.05) is 24.3 Å². The molecule has 0 fully saturated rings. The van der Waals surface area contributed by atoms with Crippen LogP contribution in [0.2, 0.25) is 0 Å². The summed E-state index contributed by atoms with van der Waals surface area (Å²) in [4.78, 5) is 12.3. The van der Waals surface area contributed by atoms with E-state index in [2.05, 4.69) is 19.8 Å². The number of hydrogen-bond donors (Lipinski definition) is 0. The van der Waals surface area contributed by atoms with E-state index < -0.39 is 0 Å². The predicted molar refractivity (Wildman–Crippen MR) is 82.8 cm³/mol. The normalized spacial score (nSPS) is 10.3. The number of terminal acetylenes is 1. The molecular formula is C19H18O. The van der Waals surface area contributed by atoms with Crippen molar-refractivity contribution in [1.29, 1.82) is 0 Å². The highest BCUT2D eigenvalue weighted by Crippen LogP contribution is 2.14. The fourth-order valence-corrected chi connectivity index (χ4v) is 2.15. The molecule has 100 valence electrons. The molecule has 2 aromatic rings. The van der Waals surface area contributed by atoms with Crippen molar-refractivity contribution in [3.8, 4) is 12.3 Å². The van der Waals surface area contributed by atoms with Gasteiger partial charge in [-0.25, -0.2) is 0 Å². The van der Waals surface area contributed by atoms with E-state index in [1.54, 1.807) is 24.3 Å². The van der Waals surface area contributed by atoms with Gasteiger partial charge in [0, 0.05) is 16.7 Å². The molecule has 0 saturated heterocycles. The lowest BCUT2D eigenvalue weighted by Crippen LogP contribution is -2.02. The van der Waals surface area contributed by atoms with Gasteiger partial charge in [0.2, 0.25) is 0 Å². The van der Waals surface area contributed by atoms with Gasteiger partial charge in [0.05, 0.1) is 0 Å². The molecule has 0 saturated carbocycles. The van der Waals surface area contributed by atoms with Crippen LogP contribution < -0.4 is 0 Å². The summed E-state index contributed by atoms with van der Waals surface area (Å²) in [6.07, 6.45) is 6.34. The van der Waals surface area contributed by atoms with Gasteiger partial charge in [-0.3, -0.25) is 4.79 Å². The van der Waals surface area contributed by atoms with Gasteiger partial charge in [0.25, 0.3) is 0 Å². The van der Waals surface area contributed by atoms with Crippen molar-refractivity contribution in [2.45, 2.75) is 20.3 Å². The number of carbonyl (C=O) groups is 1. The van der Waals surface area contributed by atoms with Crippen LogP contribution in [0.5, 0.6) is 0 Å². The lowest BCUT2D eigenvalue weighted by molar-refractivity contribution is 0.103. The van der Waals surface area contributed by atoms with Crippen molar-refractivity contribution >= 4 is 5.78 Å². The molecule has 0 aliphatic heterocycles. The summed E-state index contributed by atoms with van der Waals surface area (Å²) in [6.45, 7) is 4.37. The molecule has 0 aromatic heterocycles. The summed E-state index contributed by atoms with van der Waals surface area (Å²) in [7, 11) is 0. The second-order valence-corrected chi connectivity index (χ2v) is 5.35. The van der Waals surface area contributed by atoms with Crippen molar-refractivity contribution in [3.63, 3.8) is 0 Å². The van der Waals surface area contributed by atoms with Gasteiger partial charge in [-0.15, -0.1) is 6.42 Å². The average molecular weight is 262 g/mol. The molecule has 0 aliphatic carbocycles. The minimum absolute atomic E-state index is 0.0321. The van der Waals surface area contributed by atoms with Crippen LogP contribution in [0.25, 0.3) is 0 Å². The third-order valence-electron chi connectivity index (χ3n) is 3.17. The molecule has 0 heterocycles. The third kappa shape index (κ3) is 3.36. The second-order valence-electron chi connectivity index (χ2n) is 5.35. The summed E-state index contributed by atoms with van der Waals surface area (Å²) in [6, 6.07) is 15.0. The number of hydrogen-bond acceptors (Lipinski definition) is 1. The topological polar surface area (TPSA) is 17.1 Å². The molecular weight excluding hydrogens is 244 g/mol. The zero-order chi connectivity index (χ0) is 14.5. The first kappa shape index (κ1) is 14.1. The fraction of sp³-hybridized carbons (Fsp3) is 0.211. The van der Waals surface area contributed by atoms with Crippen LogP contribution in [-0.2, 0) is 6.42 Å². The Morgan fingerprint density at radius 1 is 1.00 bits per heavy atom. The van der Waals surface area contributed by atoms with Crippen LogP contribution in [0.15, 0.2) is 48.5 Å². The fourth-order valence-electron chi connectivity index (χ4n) is 2.15. The van der Waals surface area contributed by atoms with Gasteiger partial charge in [-0.1, -0.05) is 44.0 Å². The van der Waals surface area contributed by atoms with E-state index in [9.17, 15) is 4.79 Å². The molecule has 0 bridgehead atoms. The van der Waals surface area contributed by atoms with Crippen molar-refractivity contribution in [1.82, 2.24) is 0 Å². The van der Waals surface area contributed by atoms with E-state index in [4.69, 9.17) is 6.42 Å². The Morgan fingerprint density at radius 2 is 1.50 bits per heavy atom. The molecule has 0 N–H and O–H groups in total. The van der Waals surface area contributed by atoms with Crippen LogP contribution in [0.4, 0.5) is 0 Å². The molecule has 20 heavy (non-hydrogen) atoms. The van der Waals surface area contributed by atoms with E-state index in [1.165, 1.54) is 5.56 Å². The standard InChI is InChI=1S/C19H18O/c1-4-15-5-9-17(10-6-15)19(20)18-11-7-16(8-12-18)13-14(2)3/h1,5-12,14H,13H2,2-3H3. The first-order chi connectivity index (χ1) is 9.60. The predicted octanol–water partition coefficient (Wildman–Crippen LogP) is 4.10. The maximum atomic E-state index is 12.3. The molecule has 0 amide bonds. The van der Waals surface area contributed by atoms with Gasteiger partial charge >= 0.3 is 0 Å². The third-order valence-corrected chi connectivity index (χ3v) is 3.17. The Hall–Kier alpha value is -2.33. The highest BCUT2D eigenvalue weighted by molar-refractivity contribution is 6.09. The van der Waals surface area contributed by atoms with Crippen molar-refractivity contribution in [2.24, 2.45) is 5.92 Å². The Labute approximate surface area is 120 Å². The Morgan fingerprint density at radius 3 is 1.95 bits per heavy atom. The molecule has 1 heteroatoms. The summed E-state index contributed by atoms with van der Waals surface area (Å²) in [5.74, 6) is 3.20. The summed E-state index contributed by atoms with van der Waals surface area (Å²) < 4.78 is 0. The van der Waals surface area contributed by atoms with Gasteiger partial charge in [-0.2, -0.15) is 0 Å². The Kier molecular flexibility index (Phi) is 4.38. The second kappa shape index (κ2) is 6.21. The van der Waals surface area contributed by atoms with Crippen LogP contribution in [-0.4, -0.2) is 5.78 Å². The number of ketones is 1. The van der Waals surface area contributed by atoms with Crippen LogP contribution in [0.1, 0.15) is 40.9 Å². The van der Waals surface area contributed by atoms with Gasteiger partial charge < -0.3 is 0 Å². The quantitative estimate of drug-likeness (QED) is 0.599. The highest BCUT2D eigenvalue weighted by Gasteiger charge is 2.09. The zero-order valence-corrected chi connectivity index (χ0v) is 11.9. The summed E-state index contributed by atoms with van der Waals surface area (Å²) >= 11 is 0. The van der Waals surface area contributed by atoms with Crippen LogP contribution >= 0.6 is 0 Å². The van der Waals surface area contributed by atoms with E-state index in [0.29, 0.717) is 17.0 Å². The van der Waals surface area contributed by atoms with E-state index >= 15 is 0 Å².